The van der Waals surface area contributed by atoms with E-state index in [2.05, 4.69) is 22.8 Å². The SMILES string of the molecule is COc1cc2c(cc1CNC1CCCNC1c1ccccc1)C(C(F)(F)F)CCC2. The van der Waals surface area contributed by atoms with E-state index in [1.54, 1.807) is 13.2 Å². The Morgan fingerprint density at radius 3 is 2.63 bits per heavy atom. The molecule has 0 saturated carbocycles. The van der Waals surface area contributed by atoms with Gasteiger partial charge in [-0.05, 0) is 67.5 Å². The van der Waals surface area contributed by atoms with E-state index in [4.69, 9.17) is 4.74 Å². The maximum Gasteiger partial charge on any atom is 0.395 e. The van der Waals surface area contributed by atoms with Gasteiger partial charge in [0.2, 0.25) is 0 Å². The van der Waals surface area contributed by atoms with E-state index in [0.717, 1.165) is 30.5 Å². The topological polar surface area (TPSA) is 33.3 Å². The van der Waals surface area contributed by atoms with Gasteiger partial charge in [-0.15, -0.1) is 0 Å². The van der Waals surface area contributed by atoms with Crippen molar-refractivity contribution < 1.29 is 17.9 Å². The normalized spacial score (nSPS) is 24.3. The molecule has 6 heteroatoms. The molecular weight excluding hydrogens is 389 g/mol. The lowest BCUT2D eigenvalue weighted by Crippen LogP contribution is -2.45. The van der Waals surface area contributed by atoms with Crippen LogP contribution < -0.4 is 15.4 Å². The first-order valence-electron chi connectivity index (χ1n) is 10.8. The molecule has 2 aromatic rings. The number of fused-ring (bicyclic) bond motifs is 1. The summed E-state index contributed by atoms with van der Waals surface area (Å²) in [6, 6.07) is 14.2. The van der Waals surface area contributed by atoms with Crippen LogP contribution in [0.15, 0.2) is 42.5 Å². The number of ether oxygens (including phenoxy) is 1. The molecule has 0 bridgehead atoms. The number of aryl methyl sites for hydroxylation is 1. The summed E-state index contributed by atoms with van der Waals surface area (Å²) in [5.41, 5.74) is 3.22. The zero-order valence-electron chi connectivity index (χ0n) is 17.3. The van der Waals surface area contributed by atoms with Crippen LogP contribution in [0.2, 0.25) is 0 Å². The number of piperidine rings is 1. The van der Waals surface area contributed by atoms with Gasteiger partial charge >= 0.3 is 6.18 Å². The molecule has 0 radical (unpaired) electrons. The van der Waals surface area contributed by atoms with Crippen LogP contribution in [0.25, 0.3) is 0 Å². The molecule has 1 aliphatic heterocycles. The molecule has 3 atom stereocenters. The Hall–Kier alpha value is -2.05. The minimum absolute atomic E-state index is 0.165. The lowest BCUT2D eigenvalue weighted by Gasteiger charge is -2.34. The predicted octanol–water partition coefficient (Wildman–Crippen LogP) is 5.26. The fourth-order valence-corrected chi connectivity index (χ4v) is 4.91. The van der Waals surface area contributed by atoms with Gasteiger partial charge in [0.05, 0.1) is 13.0 Å². The number of methoxy groups -OCH3 is 1. The van der Waals surface area contributed by atoms with Crippen LogP contribution in [0.1, 0.15) is 59.9 Å². The molecule has 1 heterocycles. The largest absolute Gasteiger partial charge is 0.496 e. The standard InChI is InChI=1S/C24H29F3N2O/c1-30-22-14-17-9-5-10-20(24(25,26)27)19(17)13-18(22)15-29-21-11-6-12-28-23(21)16-7-3-2-4-8-16/h2-4,7-8,13-14,20-21,23,28-29H,5-6,9-12,15H2,1H3. The molecule has 2 aliphatic rings. The van der Waals surface area contributed by atoms with Crippen LogP contribution in [0.5, 0.6) is 5.75 Å². The molecule has 1 saturated heterocycles. The summed E-state index contributed by atoms with van der Waals surface area (Å²) in [6.45, 7) is 1.45. The summed E-state index contributed by atoms with van der Waals surface area (Å²) in [5.74, 6) is -0.705. The van der Waals surface area contributed by atoms with E-state index < -0.39 is 12.1 Å². The van der Waals surface area contributed by atoms with Gasteiger partial charge < -0.3 is 15.4 Å². The third-order valence-corrected chi connectivity index (χ3v) is 6.42. The van der Waals surface area contributed by atoms with E-state index in [1.165, 1.54) is 5.56 Å². The van der Waals surface area contributed by atoms with Crippen LogP contribution in [0.3, 0.4) is 0 Å². The molecule has 4 rings (SSSR count). The maximum atomic E-state index is 13.6. The second kappa shape index (κ2) is 8.98. The molecule has 2 aromatic carbocycles. The second-order valence-corrected chi connectivity index (χ2v) is 8.32. The van der Waals surface area contributed by atoms with Crippen molar-refractivity contribution in [2.75, 3.05) is 13.7 Å². The highest BCUT2D eigenvalue weighted by Gasteiger charge is 2.43. The van der Waals surface area contributed by atoms with Crippen molar-refractivity contribution in [1.82, 2.24) is 10.6 Å². The Labute approximate surface area is 176 Å². The zero-order chi connectivity index (χ0) is 21.1. The van der Waals surface area contributed by atoms with Crippen LogP contribution in [0.4, 0.5) is 13.2 Å². The van der Waals surface area contributed by atoms with Crippen LogP contribution in [-0.2, 0) is 13.0 Å². The molecule has 0 spiro atoms. The smallest absolute Gasteiger partial charge is 0.395 e. The summed E-state index contributed by atoms with van der Waals surface area (Å²) < 4.78 is 46.3. The second-order valence-electron chi connectivity index (χ2n) is 8.32. The lowest BCUT2D eigenvalue weighted by atomic mass is 9.81. The fourth-order valence-electron chi connectivity index (χ4n) is 4.91. The molecular formula is C24H29F3N2O. The average molecular weight is 419 g/mol. The number of alkyl halides is 3. The highest BCUT2D eigenvalue weighted by molar-refractivity contribution is 5.46. The Bertz CT molecular complexity index is 854. The number of hydrogen-bond donors (Lipinski definition) is 2. The fraction of sp³-hybridized carbons (Fsp3) is 0.500. The van der Waals surface area contributed by atoms with Gasteiger partial charge in [-0.1, -0.05) is 30.3 Å². The van der Waals surface area contributed by atoms with Gasteiger partial charge in [0.1, 0.15) is 5.75 Å². The summed E-state index contributed by atoms with van der Waals surface area (Å²) in [7, 11) is 1.59. The van der Waals surface area contributed by atoms with Crippen molar-refractivity contribution in [2.45, 2.75) is 62.8 Å². The number of rotatable bonds is 5. The van der Waals surface area contributed by atoms with Crippen molar-refractivity contribution in [3.63, 3.8) is 0 Å². The van der Waals surface area contributed by atoms with Gasteiger partial charge in [0.25, 0.3) is 0 Å². The number of nitrogens with one attached hydrogen (secondary N) is 2. The molecule has 1 fully saturated rings. The highest BCUT2D eigenvalue weighted by atomic mass is 19.4. The minimum Gasteiger partial charge on any atom is -0.496 e. The lowest BCUT2D eigenvalue weighted by molar-refractivity contribution is -0.153. The molecule has 0 aromatic heterocycles. The van der Waals surface area contributed by atoms with Crippen molar-refractivity contribution in [3.05, 3.63) is 64.7 Å². The molecule has 30 heavy (non-hydrogen) atoms. The van der Waals surface area contributed by atoms with Gasteiger partial charge in [-0.3, -0.25) is 0 Å². The van der Waals surface area contributed by atoms with Crippen molar-refractivity contribution in [1.29, 1.82) is 0 Å². The van der Waals surface area contributed by atoms with Crippen molar-refractivity contribution >= 4 is 0 Å². The first-order chi connectivity index (χ1) is 14.5. The molecule has 0 amide bonds. The molecule has 3 unspecified atom stereocenters. The molecule has 2 N–H and O–H groups in total. The summed E-state index contributed by atoms with van der Waals surface area (Å²) >= 11 is 0. The predicted molar refractivity (Wildman–Crippen MR) is 112 cm³/mol. The van der Waals surface area contributed by atoms with E-state index >= 15 is 0 Å². The molecule has 1 aliphatic carbocycles. The Morgan fingerprint density at radius 2 is 1.90 bits per heavy atom. The first kappa shape index (κ1) is 21.2. The van der Waals surface area contributed by atoms with E-state index in [1.807, 2.05) is 24.3 Å². The molecule has 162 valence electrons. The molecule has 3 nitrogen and oxygen atoms in total. The average Bonchev–Trinajstić information content (AvgIpc) is 2.76. The zero-order valence-corrected chi connectivity index (χ0v) is 17.3. The summed E-state index contributed by atoms with van der Waals surface area (Å²) in [5, 5.41) is 7.18. The van der Waals surface area contributed by atoms with Crippen molar-refractivity contribution in [2.24, 2.45) is 0 Å². The van der Waals surface area contributed by atoms with Crippen LogP contribution >= 0.6 is 0 Å². The Morgan fingerprint density at radius 1 is 1.10 bits per heavy atom. The van der Waals surface area contributed by atoms with E-state index in [9.17, 15) is 13.2 Å². The summed E-state index contributed by atoms with van der Waals surface area (Å²) in [4.78, 5) is 0. The van der Waals surface area contributed by atoms with E-state index in [0.29, 0.717) is 30.7 Å². The Kier molecular flexibility index (Phi) is 6.34. The quantitative estimate of drug-likeness (QED) is 0.695. The summed E-state index contributed by atoms with van der Waals surface area (Å²) in [6.07, 6.45) is -0.721. The number of hydrogen-bond acceptors (Lipinski definition) is 3. The first-order valence-corrected chi connectivity index (χ1v) is 10.8. The van der Waals surface area contributed by atoms with Gasteiger partial charge in [-0.25, -0.2) is 0 Å². The third kappa shape index (κ3) is 4.49. The van der Waals surface area contributed by atoms with E-state index in [-0.39, 0.29) is 18.5 Å². The number of benzene rings is 2. The maximum absolute atomic E-state index is 13.6. The Balaban J connectivity index is 1.56. The minimum atomic E-state index is -4.21. The van der Waals surface area contributed by atoms with Crippen molar-refractivity contribution in [3.8, 4) is 5.75 Å². The monoisotopic (exact) mass is 418 g/mol. The third-order valence-electron chi connectivity index (χ3n) is 6.42. The van der Waals surface area contributed by atoms with Crippen LogP contribution in [0, 0.1) is 0 Å². The number of halogens is 3. The van der Waals surface area contributed by atoms with Gasteiger partial charge in [0, 0.05) is 24.2 Å². The highest BCUT2D eigenvalue weighted by Crippen LogP contribution is 2.44. The van der Waals surface area contributed by atoms with Crippen LogP contribution in [-0.4, -0.2) is 25.9 Å². The van der Waals surface area contributed by atoms with Gasteiger partial charge in [-0.2, -0.15) is 13.2 Å². The van der Waals surface area contributed by atoms with Gasteiger partial charge in [0.15, 0.2) is 0 Å².